The van der Waals surface area contributed by atoms with Crippen molar-refractivity contribution in [2.45, 2.75) is 39.4 Å². The first-order valence-electron chi connectivity index (χ1n) is 6.75. The first kappa shape index (κ1) is 13.9. The zero-order chi connectivity index (χ0) is 13.8. The highest BCUT2D eigenvalue weighted by Crippen LogP contribution is 2.29. The molecule has 0 aromatic carbocycles. The lowest BCUT2D eigenvalue weighted by molar-refractivity contribution is -0.00543. The second-order valence-corrected chi connectivity index (χ2v) is 4.93. The summed E-state index contributed by atoms with van der Waals surface area (Å²) in [6.07, 6.45) is 2.75. The van der Waals surface area contributed by atoms with Crippen molar-refractivity contribution in [3.05, 3.63) is 6.33 Å². The Hall–Kier alpha value is -1.56. The van der Waals surface area contributed by atoms with Crippen molar-refractivity contribution in [3.63, 3.8) is 0 Å². The van der Waals surface area contributed by atoms with Crippen LogP contribution in [0.4, 0.5) is 11.5 Å². The average molecular weight is 266 g/mol. The van der Waals surface area contributed by atoms with Crippen molar-refractivity contribution in [2.75, 3.05) is 30.3 Å². The number of hydrogen-bond acceptors (Lipinski definition) is 6. The molecule has 2 unspecified atom stereocenters. The summed E-state index contributed by atoms with van der Waals surface area (Å²) < 4.78 is 11.3. The molecule has 1 aromatic rings. The van der Waals surface area contributed by atoms with Crippen LogP contribution in [0, 0.1) is 0 Å². The standard InChI is InChI=1S/C13H22N4O2/c1-4-5-18-13-11(14)12(15-8-16-13)17-6-9(2)19-10(3)7-17/h8-10H,4-7,14H2,1-3H3. The van der Waals surface area contributed by atoms with E-state index in [1.807, 2.05) is 6.92 Å². The van der Waals surface area contributed by atoms with Crippen LogP contribution in [0.2, 0.25) is 0 Å². The fourth-order valence-corrected chi connectivity index (χ4v) is 2.29. The Morgan fingerprint density at radius 2 is 2.05 bits per heavy atom. The van der Waals surface area contributed by atoms with E-state index in [2.05, 4.69) is 28.7 Å². The van der Waals surface area contributed by atoms with Crippen molar-refractivity contribution in [1.82, 2.24) is 9.97 Å². The van der Waals surface area contributed by atoms with E-state index >= 15 is 0 Å². The van der Waals surface area contributed by atoms with E-state index in [1.54, 1.807) is 0 Å². The maximum atomic E-state index is 6.11. The van der Waals surface area contributed by atoms with E-state index in [0.29, 0.717) is 18.2 Å². The van der Waals surface area contributed by atoms with E-state index in [0.717, 1.165) is 25.3 Å². The molecule has 0 amide bonds. The molecule has 1 aromatic heterocycles. The van der Waals surface area contributed by atoms with Gasteiger partial charge in [0.2, 0.25) is 5.88 Å². The van der Waals surface area contributed by atoms with Crippen molar-refractivity contribution in [1.29, 1.82) is 0 Å². The molecule has 19 heavy (non-hydrogen) atoms. The van der Waals surface area contributed by atoms with Crippen molar-refractivity contribution in [3.8, 4) is 5.88 Å². The number of ether oxygens (including phenoxy) is 2. The van der Waals surface area contributed by atoms with Crippen molar-refractivity contribution >= 4 is 11.5 Å². The molecule has 1 saturated heterocycles. The van der Waals surface area contributed by atoms with Crippen LogP contribution in [0.1, 0.15) is 27.2 Å². The Bertz CT molecular complexity index is 417. The third-order valence-corrected chi connectivity index (χ3v) is 2.99. The monoisotopic (exact) mass is 266 g/mol. The molecule has 2 atom stereocenters. The fraction of sp³-hybridized carbons (Fsp3) is 0.692. The smallest absolute Gasteiger partial charge is 0.242 e. The second-order valence-electron chi connectivity index (χ2n) is 4.93. The Morgan fingerprint density at radius 1 is 1.37 bits per heavy atom. The minimum atomic E-state index is 0.165. The molecule has 1 aliphatic rings. The zero-order valence-corrected chi connectivity index (χ0v) is 11.8. The van der Waals surface area contributed by atoms with Crippen LogP contribution in [0.15, 0.2) is 6.33 Å². The zero-order valence-electron chi connectivity index (χ0n) is 11.8. The van der Waals surface area contributed by atoms with Crippen LogP contribution in [0.3, 0.4) is 0 Å². The Morgan fingerprint density at radius 3 is 2.68 bits per heavy atom. The first-order valence-corrected chi connectivity index (χ1v) is 6.75. The van der Waals surface area contributed by atoms with Gasteiger partial charge < -0.3 is 20.1 Å². The summed E-state index contributed by atoms with van der Waals surface area (Å²) >= 11 is 0. The third kappa shape index (κ3) is 3.26. The van der Waals surface area contributed by atoms with Crippen LogP contribution in [0.5, 0.6) is 5.88 Å². The normalized spacial score (nSPS) is 23.4. The maximum Gasteiger partial charge on any atom is 0.242 e. The summed E-state index contributed by atoms with van der Waals surface area (Å²) in [6.45, 7) is 8.31. The fourth-order valence-electron chi connectivity index (χ4n) is 2.29. The number of hydrogen-bond donors (Lipinski definition) is 1. The molecule has 1 aliphatic heterocycles. The van der Waals surface area contributed by atoms with Gasteiger partial charge in [0.25, 0.3) is 0 Å². The largest absolute Gasteiger partial charge is 0.476 e. The number of aromatic nitrogens is 2. The molecule has 6 heteroatoms. The second kappa shape index (κ2) is 6.06. The molecule has 0 aliphatic carbocycles. The lowest BCUT2D eigenvalue weighted by atomic mass is 10.2. The highest BCUT2D eigenvalue weighted by atomic mass is 16.5. The van der Waals surface area contributed by atoms with E-state index in [4.69, 9.17) is 15.2 Å². The lowest BCUT2D eigenvalue weighted by Gasteiger charge is -2.36. The first-order chi connectivity index (χ1) is 9.11. The lowest BCUT2D eigenvalue weighted by Crippen LogP contribution is -2.46. The number of nitrogens with zero attached hydrogens (tertiary/aromatic N) is 3. The summed E-state index contributed by atoms with van der Waals surface area (Å²) in [7, 11) is 0. The maximum absolute atomic E-state index is 6.11. The molecular formula is C13H22N4O2. The van der Waals surface area contributed by atoms with E-state index in [-0.39, 0.29) is 12.2 Å². The van der Waals surface area contributed by atoms with Gasteiger partial charge in [0.1, 0.15) is 12.0 Å². The predicted molar refractivity (Wildman–Crippen MR) is 74.5 cm³/mol. The van der Waals surface area contributed by atoms with Gasteiger partial charge in [-0.05, 0) is 20.3 Å². The summed E-state index contributed by atoms with van der Waals surface area (Å²) in [5, 5.41) is 0. The number of nitrogens with two attached hydrogens (primary N) is 1. The van der Waals surface area contributed by atoms with Crippen molar-refractivity contribution < 1.29 is 9.47 Å². The van der Waals surface area contributed by atoms with E-state index in [9.17, 15) is 0 Å². The molecule has 0 radical (unpaired) electrons. The van der Waals surface area contributed by atoms with Gasteiger partial charge >= 0.3 is 0 Å². The Balaban J connectivity index is 2.19. The molecule has 2 N–H and O–H groups in total. The molecule has 2 heterocycles. The molecular weight excluding hydrogens is 244 g/mol. The molecule has 6 nitrogen and oxygen atoms in total. The number of nitrogen functional groups attached to an aromatic ring is 1. The number of anilines is 2. The van der Waals surface area contributed by atoms with Gasteiger partial charge in [0.05, 0.1) is 18.8 Å². The number of morpholine rings is 1. The van der Waals surface area contributed by atoms with Crippen LogP contribution in [-0.2, 0) is 4.74 Å². The molecule has 2 rings (SSSR count). The van der Waals surface area contributed by atoms with Crippen molar-refractivity contribution in [2.24, 2.45) is 0 Å². The molecule has 0 saturated carbocycles. The van der Waals surface area contributed by atoms with Crippen LogP contribution < -0.4 is 15.4 Å². The van der Waals surface area contributed by atoms with Gasteiger partial charge in [-0.3, -0.25) is 0 Å². The van der Waals surface area contributed by atoms with Gasteiger partial charge in [-0.1, -0.05) is 6.92 Å². The van der Waals surface area contributed by atoms with Gasteiger partial charge in [0, 0.05) is 13.1 Å². The molecule has 106 valence electrons. The minimum absolute atomic E-state index is 0.165. The minimum Gasteiger partial charge on any atom is -0.476 e. The summed E-state index contributed by atoms with van der Waals surface area (Å²) in [4.78, 5) is 10.5. The van der Waals surface area contributed by atoms with Gasteiger partial charge in [-0.2, -0.15) is 4.98 Å². The van der Waals surface area contributed by atoms with Crippen LogP contribution in [-0.4, -0.2) is 41.9 Å². The van der Waals surface area contributed by atoms with E-state index in [1.165, 1.54) is 6.33 Å². The quantitative estimate of drug-likeness (QED) is 0.889. The van der Waals surface area contributed by atoms with Crippen LogP contribution in [0.25, 0.3) is 0 Å². The van der Waals surface area contributed by atoms with E-state index < -0.39 is 0 Å². The summed E-state index contributed by atoms with van der Waals surface area (Å²) in [5.74, 6) is 1.21. The molecule has 0 spiro atoms. The summed E-state index contributed by atoms with van der Waals surface area (Å²) in [5.41, 5.74) is 6.62. The predicted octanol–water partition coefficient (Wildman–Crippen LogP) is 1.46. The third-order valence-electron chi connectivity index (χ3n) is 2.99. The average Bonchev–Trinajstić information content (AvgIpc) is 2.36. The van der Waals surface area contributed by atoms with Gasteiger partial charge in [-0.15, -0.1) is 0 Å². The Kier molecular flexibility index (Phi) is 4.42. The highest BCUT2D eigenvalue weighted by molar-refractivity contribution is 5.67. The SMILES string of the molecule is CCCOc1ncnc(N2CC(C)OC(C)C2)c1N. The van der Waals surface area contributed by atoms with Gasteiger partial charge in [-0.25, -0.2) is 4.98 Å². The van der Waals surface area contributed by atoms with Crippen LogP contribution >= 0.6 is 0 Å². The Labute approximate surface area is 113 Å². The highest BCUT2D eigenvalue weighted by Gasteiger charge is 2.25. The summed E-state index contributed by atoms with van der Waals surface area (Å²) in [6, 6.07) is 0. The topological polar surface area (TPSA) is 73.5 Å². The van der Waals surface area contributed by atoms with Gasteiger partial charge in [0.15, 0.2) is 5.82 Å². The number of rotatable bonds is 4. The molecule has 1 fully saturated rings. The molecule has 0 bridgehead atoms.